The number of amides is 4. The Hall–Kier alpha value is -6.77. The van der Waals surface area contributed by atoms with Gasteiger partial charge in [0, 0.05) is 59.4 Å². The van der Waals surface area contributed by atoms with E-state index in [1.54, 1.807) is 0 Å². The number of rotatable bonds is 11. The number of nitrogens with zero attached hydrogens (tertiary/aromatic N) is 5. The average molecular weight is 866 g/mol. The molecule has 4 amide bonds. The fourth-order valence-electron chi connectivity index (χ4n) is 10.1. The summed E-state index contributed by atoms with van der Waals surface area (Å²) in [4.78, 5) is 78.0. The highest BCUT2D eigenvalue weighted by Crippen LogP contribution is 2.41. The van der Waals surface area contributed by atoms with Crippen LogP contribution in [0.1, 0.15) is 116 Å². The van der Waals surface area contributed by atoms with Gasteiger partial charge in [-0.1, -0.05) is 66.8 Å². The number of H-pyrrole nitrogens is 2. The maximum absolute atomic E-state index is 14.0. The number of hydrogen-bond acceptors (Lipinski definition) is 9. The molecule has 332 valence electrons. The third kappa shape index (κ3) is 8.88. The minimum absolute atomic E-state index is 0.140. The van der Waals surface area contributed by atoms with Gasteiger partial charge >= 0.3 is 12.2 Å². The van der Waals surface area contributed by atoms with Crippen LogP contribution in [0, 0.1) is 5.92 Å². The van der Waals surface area contributed by atoms with Gasteiger partial charge in [0.15, 0.2) is 0 Å². The van der Waals surface area contributed by atoms with Gasteiger partial charge in [-0.15, -0.1) is 0 Å². The van der Waals surface area contributed by atoms with Gasteiger partial charge in [-0.05, 0) is 81.5 Å². The van der Waals surface area contributed by atoms with Crippen LogP contribution in [-0.2, 0) is 19.1 Å². The fraction of sp³-hybridized carbons (Fsp3) is 0.408. The number of benzene rings is 2. The topological polar surface area (TPSA) is 188 Å². The number of allylic oxidation sites excluding steroid dienone is 3. The SMILES string of the molecule is COC(=O)N[C@@H](C(=O)N1CCC[C@H]1c1ncc(C2CCC(c3ccc4cc(-c5cnc([C@@H]6CCCN6C(=O)[C@H](NC(=O)OC)C6C=CC=CC6)[nH]5)ccc4n3)CC2)[nH]1)c1ccccc1. The lowest BCUT2D eigenvalue weighted by molar-refractivity contribution is -0.135. The van der Waals surface area contributed by atoms with Gasteiger partial charge in [-0.2, -0.15) is 0 Å². The molecule has 15 heteroatoms. The van der Waals surface area contributed by atoms with Crippen molar-refractivity contribution in [1.82, 2.24) is 45.4 Å². The Morgan fingerprint density at radius 2 is 1.42 bits per heavy atom. The van der Waals surface area contributed by atoms with Crippen LogP contribution in [0.5, 0.6) is 0 Å². The number of alkyl carbamates (subject to hydrolysis) is 2. The van der Waals surface area contributed by atoms with Gasteiger partial charge in [0.2, 0.25) is 5.91 Å². The van der Waals surface area contributed by atoms with Gasteiger partial charge in [0.25, 0.3) is 5.91 Å². The van der Waals surface area contributed by atoms with E-state index in [1.165, 1.54) is 14.2 Å². The molecule has 2 saturated heterocycles. The maximum atomic E-state index is 14.0. The Kier molecular flexibility index (Phi) is 12.6. The average Bonchev–Trinajstić information content (AvgIpc) is 4.20. The highest BCUT2D eigenvalue weighted by molar-refractivity contribution is 5.88. The van der Waals surface area contributed by atoms with E-state index < -0.39 is 24.3 Å². The summed E-state index contributed by atoms with van der Waals surface area (Å²) >= 11 is 0. The number of carbonyl (C=O) groups is 4. The fourth-order valence-corrected chi connectivity index (χ4v) is 10.1. The van der Waals surface area contributed by atoms with Crippen LogP contribution in [0.3, 0.4) is 0 Å². The van der Waals surface area contributed by atoms with Crippen molar-refractivity contribution in [2.24, 2.45) is 5.92 Å². The van der Waals surface area contributed by atoms with Crippen molar-refractivity contribution in [3.63, 3.8) is 0 Å². The number of fused-ring (bicyclic) bond motifs is 1. The minimum atomic E-state index is -0.858. The van der Waals surface area contributed by atoms with Crippen LogP contribution in [0.2, 0.25) is 0 Å². The second-order valence-corrected chi connectivity index (χ2v) is 17.3. The number of pyridine rings is 1. The molecular weight excluding hydrogens is 811 g/mol. The number of hydrogen-bond donors (Lipinski definition) is 4. The van der Waals surface area contributed by atoms with Crippen LogP contribution in [-0.4, -0.2) is 92.1 Å². The van der Waals surface area contributed by atoms with E-state index >= 15 is 0 Å². The molecule has 4 N–H and O–H groups in total. The molecule has 1 unspecified atom stereocenters. The normalized spacial score (nSPS) is 22.9. The summed E-state index contributed by atoms with van der Waals surface area (Å²) in [6.45, 7) is 1.17. The lowest BCUT2D eigenvalue weighted by atomic mass is 9.79. The smallest absolute Gasteiger partial charge is 0.407 e. The molecular formula is C49H55N9O6. The van der Waals surface area contributed by atoms with E-state index in [0.717, 1.165) is 96.6 Å². The molecule has 0 spiro atoms. The van der Waals surface area contributed by atoms with Crippen LogP contribution >= 0.6 is 0 Å². The molecule has 5 atom stereocenters. The van der Waals surface area contributed by atoms with Gasteiger partial charge in [0.1, 0.15) is 23.7 Å². The summed E-state index contributed by atoms with van der Waals surface area (Å²) in [5, 5.41) is 6.57. The molecule has 5 aromatic rings. The van der Waals surface area contributed by atoms with Crippen LogP contribution in [0.4, 0.5) is 9.59 Å². The third-order valence-electron chi connectivity index (χ3n) is 13.5. The molecule has 2 aliphatic heterocycles. The van der Waals surface area contributed by atoms with E-state index in [9.17, 15) is 19.2 Å². The molecule has 64 heavy (non-hydrogen) atoms. The Bertz CT molecular complexity index is 2540. The molecule has 15 nitrogen and oxygen atoms in total. The maximum Gasteiger partial charge on any atom is 0.407 e. The van der Waals surface area contributed by atoms with Crippen molar-refractivity contribution >= 4 is 34.9 Å². The van der Waals surface area contributed by atoms with Crippen molar-refractivity contribution in [2.45, 2.75) is 93.8 Å². The van der Waals surface area contributed by atoms with Crippen LogP contribution in [0.15, 0.2) is 97.4 Å². The second-order valence-electron chi connectivity index (χ2n) is 17.3. The van der Waals surface area contributed by atoms with Crippen molar-refractivity contribution in [3.8, 4) is 11.3 Å². The number of likely N-dealkylation sites (tertiary alicyclic amines) is 2. The van der Waals surface area contributed by atoms with Crippen molar-refractivity contribution in [1.29, 1.82) is 0 Å². The quantitative estimate of drug-likeness (QED) is 0.102. The lowest BCUT2D eigenvalue weighted by Gasteiger charge is -2.31. The number of aromatic nitrogens is 5. The number of carbonyl (C=O) groups excluding carboxylic acids is 4. The predicted octanol–water partition coefficient (Wildman–Crippen LogP) is 8.07. The van der Waals surface area contributed by atoms with Crippen molar-refractivity contribution < 1.29 is 28.7 Å². The van der Waals surface area contributed by atoms with Crippen LogP contribution in [0.25, 0.3) is 22.2 Å². The zero-order chi connectivity index (χ0) is 44.2. The monoisotopic (exact) mass is 865 g/mol. The third-order valence-corrected chi connectivity index (χ3v) is 13.5. The van der Waals surface area contributed by atoms with E-state index in [1.807, 2.05) is 76.8 Å². The zero-order valence-corrected chi connectivity index (χ0v) is 36.2. The molecule has 2 aromatic carbocycles. The molecule has 5 heterocycles. The number of nitrogens with one attached hydrogen (secondary N) is 4. The summed E-state index contributed by atoms with van der Waals surface area (Å²) in [5.41, 5.74) is 5.70. The minimum Gasteiger partial charge on any atom is -0.453 e. The first-order valence-electron chi connectivity index (χ1n) is 22.5. The number of methoxy groups -OCH3 is 2. The zero-order valence-electron chi connectivity index (χ0n) is 36.2. The Labute approximate surface area is 372 Å². The number of aromatic amines is 2. The second kappa shape index (κ2) is 18.9. The van der Waals surface area contributed by atoms with Crippen LogP contribution < -0.4 is 10.6 Å². The van der Waals surface area contributed by atoms with Gasteiger partial charge in [-0.3, -0.25) is 14.6 Å². The van der Waals surface area contributed by atoms with E-state index in [-0.39, 0.29) is 29.8 Å². The largest absolute Gasteiger partial charge is 0.453 e. The first-order chi connectivity index (χ1) is 31.3. The number of ether oxygens (including phenoxy) is 2. The van der Waals surface area contributed by atoms with E-state index in [2.05, 4.69) is 50.9 Å². The molecule has 4 aliphatic rings. The predicted molar refractivity (Wildman–Crippen MR) is 240 cm³/mol. The summed E-state index contributed by atoms with van der Waals surface area (Å²) in [7, 11) is 2.60. The lowest BCUT2D eigenvalue weighted by Crippen LogP contribution is -2.52. The first-order valence-corrected chi connectivity index (χ1v) is 22.5. The summed E-state index contributed by atoms with van der Waals surface area (Å²) in [5.74, 6) is 1.71. The molecule has 2 aliphatic carbocycles. The first kappa shape index (κ1) is 42.5. The van der Waals surface area contributed by atoms with E-state index in [4.69, 9.17) is 24.4 Å². The van der Waals surface area contributed by atoms with E-state index in [0.29, 0.717) is 36.9 Å². The Balaban J connectivity index is 0.826. The summed E-state index contributed by atoms with van der Waals surface area (Å²) in [6, 6.07) is 17.8. The molecule has 1 saturated carbocycles. The molecule has 0 radical (unpaired) electrons. The highest BCUT2D eigenvalue weighted by atomic mass is 16.5. The molecule has 0 bridgehead atoms. The Morgan fingerprint density at radius 3 is 2.14 bits per heavy atom. The number of imidazole rings is 2. The van der Waals surface area contributed by atoms with Crippen molar-refractivity contribution in [2.75, 3.05) is 27.3 Å². The molecule has 3 fully saturated rings. The Morgan fingerprint density at radius 1 is 0.734 bits per heavy atom. The molecule has 9 rings (SSSR count). The van der Waals surface area contributed by atoms with Gasteiger partial charge < -0.3 is 39.9 Å². The van der Waals surface area contributed by atoms with Crippen molar-refractivity contribution in [3.05, 3.63) is 126 Å². The standard InChI is InChI=1S/C49H55N9O6/c1-63-48(61)55-42(32-11-5-3-6-12-32)46(59)57-25-9-15-40(57)44-50-28-38(53-44)31-19-17-30(18-20-31)36-23-21-34-27-35(22-24-37(34)52-36)39-29-51-45(54-39)41-16-10-26-58(41)47(60)43(56-49(62)64-2)33-13-7-4-8-14-33/h3-8,11-13,21-24,27-31,33,40-43H,9-10,14-20,25-26H2,1-2H3,(H,50,53)(H,51,54)(H,55,61)(H,56,62)/t30?,31?,33?,40-,41-,42+,43+/m0/s1. The summed E-state index contributed by atoms with van der Waals surface area (Å²) in [6.07, 6.45) is 18.2. The summed E-state index contributed by atoms with van der Waals surface area (Å²) < 4.78 is 9.72. The van der Waals surface area contributed by atoms with Gasteiger partial charge in [-0.25, -0.2) is 19.6 Å². The highest BCUT2D eigenvalue weighted by Gasteiger charge is 2.40. The molecule has 3 aromatic heterocycles. The van der Waals surface area contributed by atoms with Gasteiger partial charge in [0.05, 0.1) is 43.7 Å².